The first-order valence-corrected chi connectivity index (χ1v) is 10.2. The fraction of sp³-hybridized carbons (Fsp3) is 0.292. The minimum absolute atomic E-state index is 0.0850. The average molecular weight is 421 g/mol. The molecule has 0 bridgehead atoms. The molecule has 1 aliphatic heterocycles. The maximum atomic E-state index is 12.6. The number of rotatable bonds is 7. The Labute approximate surface area is 181 Å². The number of hydrogen-bond acceptors (Lipinski definition) is 5. The van der Waals surface area contributed by atoms with Gasteiger partial charge in [-0.05, 0) is 18.1 Å². The number of hydrogen-bond donors (Lipinski definition) is 2. The van der Waals surface area contributed by atoms with Gasteiger partial charge in [0.15, 0.2) is 11.5 Å². The Morgan fingerprint density at radius 3 is 2.48 bits per heavy atom. The number of fused-ring (bicyclic) bond motifs is 1. The first-order chi connectivity index (χ1) is 15.1. The van der Waals surface area contributed by atoms with Crippen molar-refractivity contribution in [3.63, 3.8) is 0 Å². The van der Waals surface area contributed by atoms with Crippen LogP contribution in [-0.2, 0) is 4.79 Å². The van der Waals surface area contributed by atoms with Crippen molar-refractivity contribution in [2.75, 3.05) is 46.3 Å². The number of carbonyl (C=O) groups is 1. The predicted octanol–water partition coefficient (Wildman–Crippen LogP) is 3.92. The number of benzene rings is 2. The number of nitrogens with zero attached hydrogens (tertiary/aromatic N) is 1. The van der Waals surface area contributed by atoms with E-state index in [1.54, 1.807) is 33.5 Å². The first-order valence-electron chi connectivity index (χ1n) is 10.2. The van der Waals surface area contributed by atoms with Gasteiger partial charge in [0, 0.05) is 53.6 Å². The number of amides is 1. The molecule has 162 valence electrons. The number of methoxy groups -OCH3 is 3. The van der Waals surface area contributed by atoms with E-state index < -0.39 is 0 Å². The molecule has 2 aromatic carbocycles. The lowest BCUT2D eigenvalue weighted by atomic mass is 9.99. The topological polar surface area (TPSA) is 75.8 Å². The molecule has 0 radical (unpaired) electrons. The van der Waals surface area contributed by atoms with Crippen molar-refractivity contribution in [2.45, 2.75) is 6.42 Å². The highest BCUT2D eigenvalue weighted by molar-refractivity contribution is 5.94. The molecule has 1 aromatic heterocycles. The second-order valence-corrected chi connectivity index (χ2v) is 7.42. The van der Waals surface area contributed by atoms with Crippen LogP contribution in [0.3, 0.4) is 0 Å². The Hall–Kier alpha value is -3.45. The normalized spacial score (nSPS) is 14.2. The van der Waals surface area contributed by atoms with Gasteiger partial charge in [0.2, 0.25) is 11.7 Å². The number of aromatic amines is 1. The fourth-order valence-electron chi connectivity index (χ4n) is 3.99. The van der Waals surface area contributed by atoms with Crippen LogP contribution in [-0.4, -0.2) is 56.8 Å². The molecule has 2 N–H and O–H groups in total. The minimum atomic E-state index is -0.0850. The van der Waals surface area contributed by atoms with Crippen LogP contribution >= 0.6 is 0 Å². The van der Waals surface area contributed by atoms with Crippen molar-refractivity contribution in [2.24, 2.45) is 0 Å². The Kier molecular flexibility index (Phi) is 6.13. The predicted molar refractivity (Wildman–Crippen MR) is 122 cm³/mol. The maximum absolute atomic E-state index is 12.6. The van der Waals surface area contributed by atoms with Crippen LogP contribution in [0.25, 0.3) is 16.5 Å². The quantitative estimate of drug-likeness (QED) is 0.605. The SMILES string of the molecule is COc1cc(NC(=O)CN2CC=C(c3c[nH]c4ccccc34)CC2)cc(OC)c1OC. The van der Waals surface area contributed by atoms with Gasteiger partial charge in [-0.3, -0.25) is 9.69 Å². The van der Waals surface area contributed by atoms with Gasteiger partial charge in [0.1, 0.15) is 0 Å². The van der Waals surface area contributed by atoms with Crippen LogP contribution in [0.1, 0.15) is 12.0 Å². The van der Waals surface area contributed by atoms with Crippen molar-refractivity contribution >= 4 is 28.1 Å². The van der Waals surface area contributed by atoms with Gasteiger partial charge in [0.25, 0.3) is 0 Å². The lowest BCUT2D eigenvalue weighted by Crippen LogP contribution is -2.36. The van der Waals surface area contributed by atoms with Gasteiger partial charge in [-0.1, -0.05) is 24.3 Å². The molecule has 0 atom stereocenters. The number of ether oxygens (including phenoxy) is 3. The number of H-pyrrole nitrogens is 1. The van der Waals surface area contributed by atoms with Gasteiger partial charge in [-0.2, -0.15) is 0 Å². The molecule has 7 nitrogen and oxygen atoms in total. The van der Waals surface area contributed by atoms with E-state index in [2.05, 4.69) is 45.7 Å². The maximum Gasteiger partial charge on any atom is 0.238 e. The summed E-state index contributed by atoms with van der Waals surface area (Å²) in [6, 6.07) is 11.8. The van der Waals surface area contributed by atoms with Crippen LogP contribution in [0, 0.1) is 0 Å². The number of aromatic nitrogens is 1. The van der Waals surface area contributed by atoms with Gasteiger partial charge in [-0.15, -0.1) is 0 Å². The van der Waals surface area contributed by atoms with E-state index in [-0.39, 0.29) is 5.91 Å². The summed E-state index contributed by atoms with van der Waals surface area (Å²) in [4.78, 5) is 18.1. The van der Waals surface area contributed by atoms with E-state index in [9.17, 15) is 4.79 Å². The van der Waals surface area contributed by atoms with Crippen molar-refractivity contribution in [1.29, 1.82) is 0 Å². The van der Waals surface area contributed by atoms with Gasteiger partial charge in [0.05, 0.1) is 27.9 Å². The molecular formula is C24H27N3O4. The lowest BCUT2D eigenvalue weighted by Gasteiger charge is -2.25. The molecular weight excluding hydrogens is 394 g/mol. The third-order valence-corrected chi connectivity index (χ3v) is 5.54. The average Bonchev–Trinajstić information content (AvgIpc) is 3.23. The monoisotopic (exact) mass is 421 g/mol. The molecule has 1 aliphatic rings. The van der Waals surface area contributed by atoms with Crippen LogP contribution in [0.5, 0.6) is 17.2 Å². The van der Waals surface area contributed by atoms with Gasteiger partial charge in [-0.25, -0.2) is 0 Å². The standard InChI is InChI=1S/C24H27N3O4/c1-29-21-12-17(13-22(30-2)24(21)31-3)26-23(28)15-27-10-8-16(9-11-27)19-14-25-20-7-5-4-6-18(19)20/h4-8,12-14,25H,9-11,15H2,1-3H3,(H,26,28). The molecule has 4 rings (SSSR count). The van der Waals surface area contributed by atoms with Crippen LogP contribution in [0.15, 0.2) is 48.7 Å². The molecule has 31 heavy (non-hydrogen) atoms. The largest absolute Gasteiger partial charge is 0.493 e. The van der Waals surface area contributed by atoms with Crippen LogP contribution < -0.4 is 19.5 Å². The van der Waals surface area contributed by atoms with E-state index in [0.29, 0.717) is 29.5 Å². The highest BCUT2D eigenvalue weighted by Gasteiger charge is 2.19. The second-order valence-electron chi connectivity index (χ2n) is 7.42. The van der Waals surface area contributed by atoms with Crippen molar-refractivity contribution in [3.05, 3.63) is 54.2 Å². The fourth-order valence-corrected chi connectivity index (χ4v) is 3.99. The van der Waals surface area contributed by atoms with Crippen LogP contribution in [0.4, 0.5) is 5.69 Å². The summed E-state index contributed by atoms with van der Waals surface area (Å²) < 4.78 is 16.0. The van der Waals surface area contributed by atoms with Crippen LogP contribution in [0.2, 0.25) is 0 Å². The Bertz CT molecular complexity index is 1090. The molecule has 0 saturated carbocycles. The van der Waals surface area contributed by atoms with E-state index in [1.807, 2.05) is 6.07 Å². The smallest absolute Gasteiger partial charge is 0.238 e. The molecule has 0 fully saturated rings. The molecule has 0 unspecified atom stereocenters. The number of nitrogens with one attached hydrogen (secondary N) is 2. The lowest BCUT2D eigenvalue weighted by molar-refractivity contribution is -0.117. The summed E-state index contributed by atoms with van der Waals surface area (Å²) in [6.07, 6.45) is 5.19. The minimum Gasteiger partial charge on any atom is -0.493 e. The Balaban J connectivity index is 1.40. The third kappa shape index (κ3) is 4.36. The number of para-hydroxylation sites is 1. The number of carbonyl (C=O) groups excluding carboxylic acids is 1. The molecule has 0 spiro atoms. The second kappa shape index (κ2) is 9.14. The zero-order valence-electron chi connectivity index (χ0n) is 18.0. The first kappa shape index (κ1) is 20.8. The summed E-state index contributed by atoms with van der Waals surface area (Å²) in [5, 5.41) is 4.17. The van der Waals surface area contributed by atoms with Crippen molar-refractivity contribution in [3.8, 4) is 17.2 Å². The zero-order chi connectivity index (χ0) is 21.8. The Morgan fingerprint density at radius 2 is 1.84 bits per heavy atom. The number of anilines is 1. The zero-order valence-corrected chi connectivity index (χ0v) is 18.0. The van der Waals surface area contributed by atoms with Gasteiger partial charge < -0.3 is 24.5 Å². The molecule has 1 amide bonds. The summed E-state index contributed by atoms with van der Waals surface area (Å²) in [5.74, 6) is 1.41. The van der Waals surface area contributed by atoms with E-state index in [1.165, 1.54) is 16.5 Å². The van der Waals surface area contributed by atoms with E-state index in [4.69, 9.17) is 14.2 Å². The summed E-state index contributed by atoms with van der Waals surface area (Å²) in [5.41, 5.74) is 4.31. The summed E-state index contributed by atoms with van der Waals surface area (Å²) in [7, 11) is 4.65. The van der Waals surface area contributed by atoms with Gasteiger partial charge >= 0.3 is 0 Å². The van der Waals surface area contributed by atoms with E-state index >= 15 is 0 Å². The highest BCUT2D eigenvalue weighted by Crippen LogP contribution is 2.40. The molecule has 7 heteroatoms. The third-order valence-electron chi connectivity index (χ3n) is 5.54. The summed E-state index contributed by atoms with van der Waals surface area (Å²) >= 11 is 0. The van der Waals surface area contributed by atoms with Crippen molar-refractivity contribution < 1.29 is 19.0 Å². The molecule has 0 saturated heterocycles. The highest BCUT2D eigenvalue weighted by atomic mass is 16.5. The van der Waals surface area contributed by atoms with E-state index in [0.717, 1.165) is 25.0 Å². The molecule has 2 heterocycles. The summed E-state index contributed by atoms with van der Waals surface area (Å²) in [6.45, 7) is 1.87. The molecule has 0 aliphatic carbocycles. The van der Waals surface area contributed by atoms with Crippen molar-refractivity contribution in [1.82, 2.24) is 9.88 Å². The Morgan fingerprint density at radius 1 is 1.10 bits per heavy atom. The molecule has 3 aromatic rings.